The number of anilines is 1. The molecule has 0 unspecified atom stereocenters. The van der Waals surface area contributed by atoms with Crippen molar-refractivity contribution in [2.75, 3.05) is 18.4 Å². The van der Waals surface area contributed by atoms with Gasteiger partial charge in [-0.25, -0.2) is 0 Å². The van der Waals surface area contributed by atoms with Crippen molar-refractivity contribution >= 4 is 40.7 Å². The Morgan fingerprint density at radius 3 is 2.35 bits per heavy atom. The molecule has 160 valence electrons. The molecule has 3 rings (SSSR count). The van der Waals surface area contributed by atoms with Crippen LogP contribution in [0.4, 0.5) is 5.69 Å². The Kier molecular flexibility index (Phi) is 8.06. The minimum absolute atomic E-state index is 0.0986. The van der Waals surface area contributed by atoms with Crippen LogP contribution in [0.25, 0.3) is 0 Å². The second-order valence-corrected chi connectivity index (χ2v) is 7.85. The Morgan fingerprint density at radius 2 is 1.65 bits per heavy atom. The normalized spacial score (nSPS) is 10.5. The van der Waals surface area contributed by atoms with Crippen molar-refractivity contribution in [3.63, 3.8) is 0 Å². The Labute approximate surface area is 191 Å². The summed E-state index contributed by atoms with van der Waals surface area (Å²) in [5.74, 6) is -0.380. The average molecular weight is 456 g/mol. The maximum Gasteiger partial charge on any atom is 0.255 e. The van der Waals surface area contributed by atoms with Crippen molar-refractivity contribution in [1.29, 1.82) is 0 Å². The van der Waals surface area contributed by atoms with Gasteiger partial charge in [-0.3, -0.25) is 9.59 Å². The molecule has 0 spiro atoms. The van der Waals surface area contributed by atoms with Crippen molar-refractivity contribution in [3.05, 3.63) is 99.5 Å². The minimum atomic E-state index is -0.281. The third kappa shape index (κ3) is 6.31. The van der Waals surface area contributed by atoms with E-state index < -0.39 is 0 Å². The van der Waals surface area contributed by atoms with E-state index in [-0.39, 0.29) is 11.8 Å². The zero-order valence-electron chi connectivity index (χ0n) is 16.9. The largest absolute Gasteiger partial charge is 0.334 e. The number of carbonyl (C=O) groups is 2. The molecule has 0 heterocycles. The molecule has 0 radical (unpaired) electrons. The van der Waals surface area contributed by atoms with Crippen LogP contribution in [0.5, 0.6) is 0 Å². The van der Waals surface area contributed by atoms with E-state index in [0.29, 0.717) is 52.9 Å². The van der Waals surface area contributed by atoms with Crippen LogP contribution in [0.2, 0.25) is 10.0 Å². The van der Waals surface area contributed by atoms with E-state index in [1.54, 1.807) is 59.5 Å². The quantitative estimate of drug-likeness (QED) is 0.487. The Morgan fingerprint density at radius 1 is 0.903 bits per heavy atom. The summed E-state index contributed by atoms with van der Waals surface area (Å²) in [4.78, 5) is 27.3. The molecule has 0 saturated carbocycles. The molecule has 0 aromatic heterocycles. The van der Waals surface area contributed by atoms with Gasteiger partial charge < -0.3 is 16.0 Å². The molecule has 0 aliphatic rings. The zero-order valence-corrected chi connectivity index (χ0v) is 18.4. The first kappa shape index (κ1) is 22.8. The van der Waals surface area contributed by atoms with Crippen molar-refractivity contribution < 1.29 is 9.59 Å². The molecule has 2 amide bonds. The summed E-state index contributed by atoms with van der Waals surface area (Å²) < 4.78 is 0. The summed E-state index contributed by atoms with van der Waals surface area (Å²) in [5.41, 5.74) is 8.02. The lowest BCUT2D eigenvalue weighted by atomic mass is 10.1. The van der Waals surface area contributed by atoms with Gasteiger partial charge in [-0.15, -0.1) is 0 Å². The maximum atomic E-state index is 13.0. The summed E-state index contributed by atoms with van der Waals surface area (Å²) >= 11 is 12.4. The van der Waals surface area contributed by atoms with E-state index in [0.717, 1.165) is 5.56 Å². The third-order valence-electron chi connectivity index (χ3n) is 4.69. The number of carbonyl (C=O) groups excluding carboxylic acids is 2. The van der Waals surface area contributed by atoms with Gasteiger partial charge in [0.05, 0.1) is 0 Å². The van der Waals surface area contributed by atoms with Gasteiger partial charge in [-0.2, -0.15) is 0 Å². The predicted octanol–water partition coefficient (Wildman–Crippen LogP) is 5.24. The van der Waals surface area contributed by atoms with Crippen LogP contribution in [0.3, 0.4) is 0 Å². The number of halogens is 2. The highest BCUT2D eigenvalue weighted by Gasteiger charge is 2.17. The van der Waals surface area contributed by atoms with Gasteiger partial charge in [-0.05, 0) is 67.1 Å². The minimum Gasteiger partial charge on any atom is -0.334 e. The van der Waals surface area contributed by atoms with Gasteiger partial charge in [0.2, 0.25) is 0 Å². The molecule has 5 nitrogen and oxygen atoms in total. The van der Waals surface area contributed by atoms with Crippen LogP contribution in [-0.2, 0) is 6.54 Å². The van der Waals surface area contributed by atoms with Gasteiger partial charge in [0.15, 0.2) is 0 Å². The topological polar surface area (TPSA) is 75.4 Å². The molecule has 0 saturated heterocycles. The SMILES string of the molecule is NCCCN(Cc1cc(NC(=O)c2cccc(Cl)c2)ccc1Cl)C(=O)c1ccccc1. The number of nitrogens with zero attached hydrogens (tertiary/aromatic N) is 1. The lowest BCUT2D eigenvalue weighted by molar-refractivity contribution is 0.0742. The second kappa shape index (κ2) is 11.0. The Balaban J connectivity index is 1.80. The standard InChI is InChI=1S/C24H23Cl2N3O2/c25-20-9-4-8-18(14-20)23(30)28-21-10-11-22(26)19(15-21)16-29(13-5-12-27)24(31)17-6-2-1-3-7-17/h1-4,6-11,14-15H,5,12-13,16,27H2,(H,28,30). The number of benzene rings is 3. The molecule has 31 heavy (non-hydrogen) atoms. The van der Waals surface area contributed by atoms with E-state index in [4.69, 9.17) is 28.9 Å². The van der Waals surface area contributed by atoms with Crippen LogP contribution in [0.1, 0.15) is 32.7 Å². The van der Waals surface area contributed by atoms with Crippen molar-refractivity contribution in [3.8, 4) is 0 Å². The molecule has 3 N–H and O–H groups in total. The summed E-state index contributed by atoms with van der Waals surface area (Å²) in [6.45, 7) is 1.27. The van der Waals surface area contributed by atoms with E-state index >= 15 is 0 Å². The molecule has 0 atom stereocenters. The first-order valence-corrected chi connectivity index (χ1v) is 10.6. The fourth-order valence-electron chi connectivity index (χ4n) is 3.11. The van der Waals surface area contributed by atoms with E-state index in [9.17, 15) is 9.59 Å². The Bertz CT molecular complexity index is 1060. The lowest BCUT2D eigenvalue weighted by Crippen LogP contribution is -2.32. The van der Waals surface area contributed by atoms with Gasteiger partial charge >= 0.3 is 0 Å². The van der Waals surface area contributed by atoms with E-state index in [2.05, 4.69) is 5.32 Å². The molecule has 0 aliphatic heterocycles. The highest BCUT2D eigenvalue weighted by molar-refractivity contribution is 6.31. The monoisotopic (exact) mass is 455 g/mol. The molecule has 0 bridgehead atoms. The van der Waals surface area contributed by atoms with Crippen LogP contribution in [-0.4, -0.2) is 29.8 Å². The van der Waals surface area contributed by atoms with Crippen LogP contribution in [0.15, 0.2) is 72.8 Å². The Hall–Kier alpha value is -2.86. The van der Waals surface area contributed by atoms with Crippen LogP contribution in [0, 0.1) is 0 Å². The number of amides is 2. The van der Waals surface area contributed by atoms with Crippen molar-refractivity contribution in [2.24, 2.45) is 5.73 Å². The molecule has 7 heteroatoms. The summed E-state index contributed by atoms with van der Waals surface area (Å²) in [7, 11) is 0. The molecular weight excluding hydrogens is 433 g/mol. The van der Waals surface area contributed by atoms with Gasteiger partial charge in [0.25, 0.3) is 11.8 Å². The number of hydrogen-bond acceptors (Lipinski definition) is 3. The molecular formula is C24H23Cl2N3O2. The molecule has 0 fully saturated rings. The number of hydrogen-bond donors (Lipinski definition) is 2. The third-order valence-corrected chi connectivity index (χ3v) is 5.30. The molecule has 3 aromatic rings. The van der Waals surface area contributed by atoms with Gasteiger partial charge in [0.1, 0.15) is 0 Å². The average Bonchev–Trinajstić information content (AvgIpc) is 2.78. The van der Waals surface area contributed by atoms with Crippen molar-refractivity contribution in [2.45, 2.75) is 13.0 Å². The first-order valence-electron chi connectivity index (χ1n) is 9.87. The molecule has 3 aromatic carbocycles. The smallest absolute Gasteiger partial charge is 0.255 e. The van der Waals surface area contributed by atoms with E-state index in [1.807, 2.05) is 18.2 Å². The maximum absolute atomic E-state index is 13.0. The second-order valence-electron chi connectivity index (χ2n) is 7.01. The van der Waals surface area contributed by atoms with Gasteiger partial charge in [-0.1, -0.05) is 47.5 Å². The number of rotatable bonds is 8. The highest BCUT2D eigenvalue weighted by atomic mass is 35.5. The summed E-state index contributed by atoms with van der Waals surface area (Å²) in [6.07, 6.45) is 0.668. The van der Waals surface area contributed by atoms with Crippen LogP contribution < -0.4 is 11.1 Å². The van der Waals surface area contributed by atoms with E-state index in [1.165, 1.54) is 0 Å². The van der Waals surface area contributed by atoms with Crippen LogP contribution >= 0.6 is 23.2 Å². The fraction of sp³-hybridized carbons (Fsp3) is 0.167. The highest BCUT2D eigenvalue weighted by Crippen LogP contribution is 2.24. The zero-order chi connectivity index (χ0) is 22.2. The number of nitrogens with two attached hydrogens (primary N) is 1. The first-order chi connectivity index (χ1) is 15.0. The fourth-order valence-corrected chi connectivity index (χ4v) is 3.48. The lowest BCUT2D eigenvalue weighted by Gasteiger charge is -2.24. The summed E-state index contributed by atoms with van der Waals surface area (Å²) in [6, 6.07) is 21.0. The number of nitrogens with one attached hydrogen (secondary N) is 1. The predicted molar refractivity (Wildman–Crippen MR) is 126 cm³/mol. The van der Waals surface area contributed by atoms with Crippen molar-refractivity contribution in [1.82, 2.24) is 4.90 Å². The molecule has 0 aliphatic carbocycles. The summed E-state index contributed by atoms with van der Waals surface area (Å²) in [5, 5.41) is 3.85. The van der Waals surface area contributed by atoms with Gasteiger partial charge in [0, 0.05) is 39.9 Å².